The Hall–Kier alpha value is -0.600. The number of nitrogens with one attached hydrogen (secondary N) is 1. The van der Waals surface area contributed by atoms with Gasteiger partial charge < -0.3 is 11.1 Å². The molecule has 0 aromatic carbocycles. The average Bonchev–Trinajstić information content (AvgIpc) is 2.04. The minimum Gasteiger partial charge on any atom is -0.315 e. The van der Waals surface area contributed by atoms with Crippen LogP contribution < -0.4 is 11.1 Å². The van der Waals surface area contributed by atoms with Crippen LogP contribution >= 0.6 is 0 Å². The van der Waals surface area contributed by atoms with Crippen LogP contribution in [-0.4, -0.2) is 13.2 Å². The third-order valence-electron chi connectivity index (χ3n) is 2.30. The number of hydrogen-bond acceptors (Lipinski definition) is 2. The first-order valence-corrected chi connectivity index (χ1v) is 3.96. The average molecular weight is 152 g/mol. The molecule has 0 fully saturated rings. The second kappa shape index (κ2) is 3.20. The third kappa shape index (κ3) is 1.70. The summed E-state index contributed by atoms with van der Waals surface area (Å²) in [5.74, 6) is 0. The second-order valence-corrected chi connectivity index (χ2v) is 3.26. The van der Waals surface area contributed by atoms with Crippen molar-refractivity contribution in [3.63, 3.8) is 0 Å². The summed E-state index contributed by atoms with van der Waals surface area (Å²) in [6.45, 7) is 2.16. The van der Waals surface area contributed by atoms with E-state index in [4.69, 9.17) is 5.73 Å². The van der Waals surface area contributed by atoms with E-state index in [1.54, 1.807) is 0 Å². The molecule has 3 N–H and O–H groups in total. The van der Waals surface area contributed by atoms with Crippen LogP contribution in [-0.2, 0) is 0 Å². The quantitative estimate of drug-likeness (QED) is 0.580. The lowest BCUT2D eigenvalue weighted by Crippen LogP contribution is -2.47. The fourth-order valence-corrected chi connectivity index (χ4v) is 1.30. The molecule has 2 atom stereocenters. The summed E-state index contributed by atoms with van der Waals surface area (Å²) in [6.07, 6.45) is 9.49. The maximum Gasteiger partial charge on any atom is 0.0637 e. The van der Waals surface area contributed by atoms with Gasteiger partial charge in [0.05, 0.1) is 6.17 Å². The number of nitrogens with two attached hydrogens (primary N) is 1. The van der Waals surface area contributed by atoms with Gasteiger partial charge in [-0.25, -0.2) is 0 Å². The van der Waals surface area contributed by atoms with Crippen molar-refractivity contribution in [3.05, 3.63) is 24.3 Å². The second-order valence-electron chi connectivity index (χ2n) is 3.26. The lowest BCUT2D eigenvalue weighted by molar-refractivity contribution is 0.302. The largest absolute Gasteiger partial charge is 0.315 e. The molecule has 0 aromatic heterocycles. The number of hydrogen-bond donors (Lipinski definition) is 2. The van der Waals surface area contributed by atoms with Crippen LogP contribution in [0.4, 0.5) is 0 Å². The van der Waals surface area contributed by atoms with E-state index in [-0.39, 0.29) is 11.6 Å². The van der Waals surface area contributed by atoms with Crippen molar-refractivity contribution < 1.29 is 0 Å². The van der Waals surface area contributed by atoms with Gasteiger partial charge in [0.1, 0.15) is 0 Å². The zero-order chi connectivity index (χ0) is 8.32. The highest BCUT2D eigenvalue weighted by molar-refractivity contribution is 5.17. The molecule has 2 heteroatoms. The van der Waals surface area contributed by atoms with E-state index < -0.39 is 0 Å². The molecule has 0 amide bonds. The summed E-state index contributed by atoms with van der Waals surface area (Å²) < 4.78 is 0. The molecule has 0 aliphatic heterocycles. The zero-order valence-corrected chi connectivity index (χ0v) is 7.17. The summed E-state index contributed by atoms with van der Waals surface area (Å²) in [4.78, 5) is 0. The van der Waals surface area contributed by atoms with Crippen LogP contribution in [0.25, 0.3) is 0 Å². The van der Waals surface area contributed by atoms with Gasteiger partial charge in [-0.3, -0.25) is 0 Å². The Bertz CT molecular complexity index is 184. The maximum absolute atomic E-state index is 5.89. The molecule has 0 saturated carbocycles. The first-order chi connectivity index (χ1) is 5.19. The van der Waals surface area contributed by atoms with Crippen LogP contribution in [0.15, 0.2) is 24.3 Å². The maximum atomic E-state index is 5.89. The monoisotopic (exact) mass is 152 g/mol. The Morgan fingerprint density at radius 1 is 1.55 bits per heavy atom. The van der Waals surface area contributed by atoms with E-state index in [1.165, 1.54) is 0 Å². The minimum atomic E-state index is 0.0451. The summed E-state index contributed by atoms with van der Waals surface area (Å²) in [5, 5.41) is 3.07. The van der Waals surface area contributed by atoms with Gasteiger partial charge in [0, 0.05) is 5.41 Å². The molecule has 0 saturated heterocycles. The highest BCUT2D eigenvalue weighted by atomic mass is 15.0. The molecule has 1 rings (SSSR count). The molecule has 0 bridgehead atoms. The van der Waals surface area contributed by atoms with Gasteiger partial charge in [0.25, 0.3) is 0 Å². The van der Waals surface area contributed by atoms with Gasteiger partial charge in [0.2, 0.25) is 0 Å². The van der Waals surface area contributed by atoms with Crippen LogP contribution in [0.5, 0.6) is 0 Å². The Morgan fingerprint density at radius 2 is 2.27 bits per heavy atom. The van der Waals surface area contributed by atoms with Crippen molar-refractivity contribution in [1.82, 2.24) is 5.32 Å². The van der Waals surface area contributed by atoms with Crippen molar-refractivity contribution in [1.29, 1.82) is 0 Å². The van der Waals surface area contributed by atoms with Crippen molar-refractivity contribution in [2.75, 3.05) is 7.05 Å². The van der Waals surface area contributed by atoms with E-state index in [2.05, 4.69) is 36.5 Å². The highest BCUT2D eigenvalue weighted by Crippen LogP contribution is 2.28. The lowest BCUT2D eigenvalue weighted by Gasteiger charge is -2.32. The Balaban J connectivity index is 2.67. The number of rotatable bonds is 2. The van der Waals surface area contributed by atoms with E-state index in [0.29, 0.717) is 0 Å². The van der Waals surface area contributed by atoms with Crippen LogP contribution in [0.1, 0.15) is 13.3 Å². The summed E-state index contributed by atoms with van der Waals surface area (Å²) >= 11 is 0. The van der Waals surface area contributed by atoms with E-state index in [0.717, 1.165) is 6.42 Å². The molecule has 0 aromatic rings. The normalized spacial score (nSPS) is 32.3. The fourth-order valence-electron chi connectivity index (χ4n) is 1.30. The smallest absolute Gasteiger partial charge is 0.0637 e. The standard InChI is InChI=1S/C9H16N2/c1-9(8(10)11-2)6-4-3-5-7-9/h3-6,8,11H,7,10H2,1-2H3. The molecule has 1 aliphatic carbocycles. The molecule has 0 spiro atoms. The van der Waals surface area contributed by atoms with Crippen molar-refractivity contribution in [3.8, 4) is 0 Å². The Labute approximate surface area is 68.2 Å². The van der Waals surface area contributed by atoms with E-state index in [1.807, 2.05) is 7.05 Å². The molecule has 0 heterocycles. The topological polar surface area (TPSA) is 38.0 Å². The third-order valence-corrected chi connectivity index (χ3v) is 2.30. The lowest BCUT2D eigenvalue weighted by atomic mass is 9.81. The van der Waals surface area contributed by atoms with Crippen molar-refractivity contribution in [2.45, 2.75) is 19.5 Å². The van der Waals surface area contributed by atoms with E-state index in [9.17, 15) is 0 Å². The SMILES string of the molecule is CNC(N)C1(C)C=CC=CC1. The molecule has 1 aliphatic rings. The van der Waals surface area contributed by atoms with Crippen LogP contribution in [0.2, 0.25) is 0 Å². The molecule has 2 unspecified atom stereocenters. The predicted octanol–water partition coefficient (Wildman–Crippen LogP) is 1.01. The summed E-state index contributed by atoms with van der Waals surface area (Å²) in [7, 11) is 1.89. The fraction of sp³-hybridized carbons (Fsp3) is 0.556. The van der Waals surface area contributed by atoms with Gasteiger partial charge in [-0.05, 0) is 13.5 Å². The Morgan fingerprint density at radius 3 is 2.73 bits per heavy atom. The van der Waals surface area contributed by atoms with Crippen LogP contribution in [0.3, 0.4) is 0 Å². The van der Waals surface area contributed by atoms with E-state index >= 15 is 0 Å². The van der Waals surface area contributed by atoms with Crippen molar-refractivity contribution >= 4 is 0 Å². The molecule has 62 valence electrons. The summed E-state index contributed by atoms with van der Waals surface area (Å²) in [5.41, 5.74) is 5.97. The van der Waals surface area contributed by atoms with Crippen molar-refractivity contribution in [2.24, 2.45) is 11.1 Å². The van der Waals surface area contributed by atoms with Gasteiger partial charge >= 0.3 is 0 Å². The minimum absolute atomic E-state index is 0.0451. The molecular weight excluding hydrogens is 136 g/mol. The van der Waals surface area contributed by atoms with Crippen LogP contribution in [0, 0.1) is 5.41 Å². The molecular formula is C9H16N2. The van der Waals surface area contributed by atoms with Gasteiger partial charge in [-0.2, -0.15) is 0 Å². The van der Waals surface area contributed by atoms with Gasteiger partial charge in [0.15, 0.2) is 0 Å². The summed E-state index contributed by atoms with van der Waals surface area (Å²) in [6, 6.07) is 0. The Kier molecular flexibility index (Phi) is 2.47. The zero-order valence-electron chi connectivity index (χ0n) is 7.17. The molecule has 2 nitrogen and oxygen atoms in total. The predicted molar refractivity (Wildman–Crippen MR) is 48.0 cm³/mol. The number of allylic oxidation sites excluding steroid dienone is 3. The van der Waals surface area contributed by atoms with Gasteiger partial charge in [-0.15, -0.1) is 0 Å². The molecule has 0 radical (unpaired) electrons. The first kappa shape index (κ1) is 8.50. The first-order valence-electron chi connectivity index (χ1n) is 3.96. The van der Waals surface area contributed by atoms with Gasteiger partial charge in [-0.1, -0.05) is 31.2 Å². The molecule has 11 heavy (non-hydrogen) atoms. The highest BCUT2D eigenvalue weighted by Gasteiger charge is 2.27.